The van der Waals surface area contributed by atoms with E-state index in [0.29, 0.717) is 0 Å². The molecule has 0 N–H and O–H groups in total. The summed E-state index contributed by atoms with van der Waals surface area (Å²) in [5.74, 6) is 0. The summed E-state index contributed by atoms with van der Waals surface area (Å²) in [7, 11) is 0. The summed E-state index contributed by atoms with van der Waals surface area (Å²) in [5, 5.41) is 0. The first kappa shape index (κ1) is 8.15. The predicted molar refractivity (Wildman–Crippen MR) is 40.5 cm³/mol. The summed E-state index contributed by atoms with van der Waals surface area (Å²) in [6.45, 7) is 4.19. The SMILES string of the molecule is Cc1ccc(C)cc1.F.[HH]. The number of benzene rings is 1. The zero-order valence-corrected chi connectivity index (χ0v) is 5.72. The molecule has 9 heavy (non-hydrogen) atoms. The van der Waals surface area contributed by atoms with Crippen LogP contribution in [0.1, 0.15) is 12.6 Å². The highest BCUT2D eigenvalue weighted by molar-refractivity contribution is 5.19. The Labute approximate surface area is 56.4 Å². The molecule has 1 heteroatoms. The minimum Gasteiger partial charge on any atom is -0.269 e. The Morgan fingerprint density at radius 1 is 0.889 bits per heavy atom. The number of aryl methyl sites for hydroxylation is 2. The smallest absolute Gasteiger partial charge is 0 e. The molecule has 0 radical (unpaired) electrons. The molecular formula is C8H13F. The van der Waals surface area contributed by atoms with E-state index in [4.69, 9.17) is 0 Å². The van der Waals surface area contributed by atoms with Crippen LogP contribution in [0.2, 0.25) is 0 Å². The highest BCUT2D eigenvalue weighted by Crippen LogP contribution is 1.99. The molecule has 0 amide bonds. The first-order valence-corrected chi connectivity index (χ1v) is 2.82. The Morgan fingerprint density at radius 2 is 1.11 bits per heavy atom. The molecule has 52 valence electrons. The van der Waals surface area contributed by atoms with Gasteiger partial charge in [-0.2, -0.15) is 0 Å². The molecule has 0 fully saturated rings. The first-order chi connectivity index (χ1) is 3.79. The van der Waals surface area contributed by atoms with Crippen molar-refractivity contribution in [2.75, 3.05) is 0 Å². The quantitative estimate of drug-likeness (QED) is 0.504. The third-order valence-corrected chi connectivity index (χ3v) is 1.22. The minimum atomic E-state index is 0. The van der Waals surface area contributed by atoms with Gasteiger partial charge in [0.15, 0.2) is 0 Å². The monoisotopic (exact) mass is 128 g/mol. The van der Waals surface area contributed by atoms with Crippen molar-refractivity contribution >= 4 is 0 Å². The third kappa shape index (κ3) is 2.27. The summed E-state index contributed by atoms with van der Waals surface area (Å²) in [5.41, 5.74) is 2.66. The molecule has 1 aromatic carbocycles. The van der Waals surface area contributed by atoms with Crippen molar-refractivity contribution < 1.29 is 6.13 Å². The van der Waals surface area contributed by atoms with E-state index in [-0.39, 0.29) is 6.13 Å². The largest absolute Gasteiger partial charge is 0.269 e. The van der Waals surface area contributed by atoms with E-state index in [1.807, 2.05) is 0 Å². The van der Waals surface area contributed by atoms with Crippen LogP contribution in [0.25, 0.3) is 0 Å². The lowest BCUT2D eigenvalue weighted by molar-refractivity contribution is 1.11. The molecule has 1 aromatic rings. The lowest BCUT2D eigenvalue weighted by Gasteiger charge is -1.90. The minimum absolute atomic E-state index is 0. The van der Waals surface area contributed by atoms with Gasteiger partial charge >= 0.3 is 0 Å². The molecule has 0 atom stereocenters. The number of halogens is 1. The first-order valence-electron chi connectivity index (χ1n) is 2.82. The van der Waals surface area contributed by atoms with Crippen LogP contribution in [0.3, 0.4) is 0 Å². The average molecular weight is 128 g/mol. The van der Waals surface area contributed by atoms with Gasteiger partial charge in [-0.3, -0.25) is 4.70 Å². The van der Waals surface area contributed by atoms with Crippen LogP contribution in [0.5, 0.6) is 0 Å². The van der Waals surface area contributed by atoms with Crippen molar-refractivity contribution in [3.8, 4) is 0 Å². The van der Waals surface area contributed by atoms with E-state index in [0.717, 1.165) is 0 Å². The summed E-state index contributed by atoms with van der Waals surface area (Å²) in [6.07, 6.45) is 0. The van der Waals surface area contributed by atoms with Crippen LogP contribution in [0.4, 0.5) is 4.70 Å². The fourth-order valence-corrected chi connectivity index (χ4v) is 0.637. The van der Waals surface area contributed by atoms with E-state index in [2.05, 4.69) is 38.1 Å². The van der Waals surface area contributed by atoms with Gasteiger partial charge < -0.3 is 0 Å². The Bertz CT molecular complexity index is 148. The fourth-order valence-electron chi connectivity index (χ4n) is 0.637. The zero-order chi connectivity index (χ0) is 5.98. The van der Waals surface area contributed by atoms with Gasteiger partial charge in [0.1, 0.15) is 0 Å². The van der Waals surface area contributed by atoms with Gasteiger partial charge in [0, 0.05) is 1.43 Å². The molecule has 0 saturated heterocycles. The molecule has 0 nitrogen and oxygen atoms in total. The second-order valence-corrected chi connectivity index (χ2v) is 2.15. The molecule has 0 aliphatic carbocycles. The normalized spacial score (nSPS) is 8.22. The molecule has 0 aliphatic rings. The molecule has 0 unspecified atom stereocenters. The number of hydrogen-bond donors (Lipinski definition) is 0. The third-order valence-electron chi connectivity index (χ3n) is 1.22. The van der Waals surface area contributed by atoms with Crippen molar-refractivity contribution in [2.45, 2.75) is 13.8 Å². The summed E-state index contributed by atoms with van der Waals surface area (Å²) < 4.78 is 0. The molecule has 0 spiro atoms. The number of hydrogen-bond acceptors (Lipinski definition) is 0. The van der Waals surface area contributed by atoms with Crippen LogP contribution < -0.4 is 0 Å². The van der Waals surface area contributed by atoms with E-state index in [1.54, 1.807) is 0 Å². The molecule has 0 aliphatic heterocycles. The highest BCUT2D eigenvalue weighted by atomic mass is 19.0. The summed E-state index contributed by atoms with van der Waals surface area (Å²) in [4.78, 5) is 0. The Hall–Kier alpha value is -0.850. The fraction of sp³-hybridized carbons (Fsp3) is 0.250. The molecule has 1 rings (SSSR count). The maximum Gasteiger partial charge on any atom is 0 e. The Balaban J connectivity index is 0. The lowest BCUT2D eigenvalue weighted by atomic mass is 10.2. The second-order valence-electron chi connectivity index (χ2n) is 2.15. The van der Waals surface area contributed by atoms with E-state index in [9.17, 15) is 0 Å². The molecule has 0 saturated carbocycles. The van der Waals surface area contributed by atoms with Gasteiger partial charge in [-0.05, 0) is 13.8 Å². The Kier molecular flexibility index (Phi) is 2.93. The van der Waals surface area contributed by atoms with Crippen molar-refractivity contribution in [3.05, 3.63) is 35.4 Å². The van der Waals surface area contributed by atoms with E-state index >= 15 is 0 Å². The lowest BCUT2D eigenvalue weighted by Crippen LogP contribution is -1.70. The standard InChI is InChI=1S/C8H10.FH.H2/c1-7-3-5-8(2)6-4-7;;/h3-6H,1-2H3;2*1H. The van der Waals surface area contributed by atoms with Crippen LogP contribution in [-0.4, -0.2) is 0 Å². The zero-order valence-electron chi connectivity index (χ0n) is 5.72. The van der Waals surface area contributed by atoms with Crippen LogP contribution in [0, 0.1) is 13.8 Å². The molecular weight excluding hydrogens is 115 g/mol. The molecule has 0 aromatic heterocycles. The van der Waals surface area contributed by atoms with Gasteiger partial charge in [0.2, 0.25) is 0 Å². The van der Waals surface area contributed by atoms with Crippen LogP contribution in [-0.2, 0) is 0 Å². The highest BCUT2D eigenvalue weighted by Gasteiger charge is 1.79. The van der Waals surface area contributed by atoms with Crippen molar-refractivity contribution in [1.29, 1.82) is 0 Å². The van der Waals surface area contributed by atoms with Gasteiger partial charge in [-0.25, -0.2) is 0 Å². The van der Waals surface area contributed by atoms with Crippen LogP contribution >= 0.6 is 0 Å². The predicted octanol–water partition coefficient (Wildman–Crippen LogP) is 2.70. The van der Waals surface area contributed by atoms with Gasteiger partial charge in [0.25, 0.3) is 0 Å². The van der Waals surface area contributed by atoms with Gasteiger partial charge in [-0.15, -0.1) is 0 Å². The topological polar surface area (TPSA) is 0 Å². The van der Waals surface area contributed by atoms with Gasteiger partial charge in [-0.1, -0.05) is 35.4 Å². The van der Waals surface area contributed by atoms with Gasteiger partial charge in [0.05, 0.1) is 0 Å². The van der Waals surface area contributed by atoms with Crippen molar-refractivity contribution in [2.24, 2.45) is 0 Å². The maximum atomic E-state index is 2.12. The Morgan fingerprint density at radius 3 is 1.33 bits per heavy atom. The summed E-state index contributed by atoms with van der Waals surface area (Å²) in [6, 6.07) is 8.48. The maximum absolute atomic E-state index is 2.12. The van der Waals surface area contributed by atoms with E-state index in [1.165, 1.54) is 11.1 Å². The second kappa shape index (κ2) is 3.23. The van der Waals surface area contributed by atoms with Crippen LogP contribution in [0.15, 0.2) is 24.3 Å². The molecule has 0 heterocycles. The van der Waals surface area contributed by atoms with Crippen molar-refractivity contribution in [3.63, 3.8) is 0 Å². The van der Waals surface area contributed by atoms with Crippen molar-refractivity contribution in [1.82, 2.24) is 0 Å². The van der Waals surface area contributed by atoms with E-state index < -0.39 is 0 Å². The molecule has 0 bridgehead atoms. The summed E-state index contributed by atoms with van der Waals surface area (Å²) >= 11 is 0. The average Bonchev–Trinajstić information content (AvgIpc) is 1.77. The number of rotatable bonds is 0.